The Hall–Kier alpha value is -1.30. The summed E-state index contributed by atoms with van der Waals surface area (Å²) in [6.45, 7) is 1.38. The first-order valence-electron chi connectivity index (χ1n) is 5.81. The van der Waals surface area contributed by atoms with Gasteiger partial charge in [0.15, 0.2) is 0 Å². The topological polar surface area (TPSA) is 25.4 Å². The Morgan fingerprint density at radius 2 is 2.22 bits per heavy atom. The molecule has 0 aromatic carbocycles. The minimum atomic E-state index is -4.33. The van der Waals surface area contributed by atoms with E-state index in [-0.39, 0.29) is 6.04 Å². The number of rotatable bonds is 3. The largest absolute Gasteiger partial charge is 0.417 e. The Morgan fingerprint density at radius 3 is 2.78 bits per heavy atom. The number of ether oxygens (including phenoxy) is 1. The second-order valence-corrected chi connectivity index (χ2v) is 4.35. The zero-order chi connectivity index (χ0) is 13.2. The van der Waals surface area contributed by atoms with Gasteiger partial charge in [0.2, 0.25) is 0 Å². The van der Waals surface area contributed by atoms with E-state index in [1.54, 1.807) is 7.11 Å². The quantitative estimate of drug-likeness (QED) is 0.835. The zero-order valence-electron chi connectivity index (χ0n) is 10.1. The number of hydrogen-bond donors (Lipinski definition) is 0. The number of pyridine rings is 1. The fourth-order valence-corrected chi connectivity index (χ4v) is 2.23. The molecule has 0 saturated carbocycles. The van der Waals surface area contributed by atoms with E-state index in [2.05, 4.69) is 4.98 Å². The highest BCUT2D eigenvalue weighted by Gasteiger charge is 2.31. The Labute approximate surface area is 104 Å². The van der Waals surface area contributed by atoms with Gasteiger partial charge < -0.3 is 9.64 Å². The molecule has 0 aliphatic carbocycles. The van der Waals surface area contributed by atoms with Gasteiger partial charge in [0, 0.05) is 19.9 Å². The number of halogens is 3. The van der Waals surface area contributed by atoms with Gasteiger partial charge in [0.25, 0.3) is 0 Å². The van der Waals surface area contributed by atoms with Crippen molar-refractivity contribution in [2.45, 2.75) is 25.1 Å². The summed E-state index contributed by atoms with van der Waals surface area (Å²) >= 11 is 0. The molecule has 0 spiro atoms. The average molecular weight is 260 g/mol. The van der Waals surface area contributed by atoms with Gasteiger partial charge in [-0.25, -0.2) is 4.98 Å². The Balaban J connectivity index is 2.14. The molecule has 1 aromatic heterocycles. The van der Waals surface area contributed by atoms with Gasteiger partial charge in [-0.2, -0.15) is 13.2 Å². The minimum Gasteiger partial charge on any atom is -0.383 e. The zero-order valence-corrected chi connectivity index (χ0v) is 10.1. The Morgan fingerprint density at radius 1 is 1.44 bits per heavy atom. The molecule has 1 aliphatic heterocycles. The van der Waals surface area contributed by atoms with Crippen LogP contribution in [0.2, 0.25) is 0 Å². The molecule has 0 bridgehead atoms. The van der Waals surface area contributed by atoms with Gasteiger partial charge in [-0.15, -0.1) is 0 Å². The van der Waals surface area contributed by atoms with Crippen LogP contribution in [0.1, 0.15) is 18.4 Å². The summed E-state index contributed by atoms with van der Waals surface area (Å²) in [5.41, 5.74) is -0.714. The molecule has 0 amide bonds. The van der Waals surface area contributed by atoms with E-state index in [1.165, 1.54) is 6.07 Å². The number of alkyl halides is 3. The van der Waals surface area contributed by atoms with Gasteiger partial charge in [-0.3, -0.25) is 0 Å². The van der Waals surface area contributed by atoms with Crippen LogP contribution in [0.4, 0.5) is 19.0 Å². The van der Waals surface area contributed by atoms with Gasteiger partial charge in [0.05, 0.1) is 18.2 Å². The Kier molecular flexibility index (Phi) is 3.75. The second kappa shape index (κ2) is 5.14. The van der Waals surface area contributed by atoms with Crippen LogP contribution in [0.25, 0.3) is 0 Å². The SMILES string of the molecule is COCC1CCCN1c1ccc(C(F)(F)F)cn1. The summed E-state index contributed by atoms with van der Waals surface area (Å²) in [5, 5.41) is 0. The van der Waals surface area contributed by atoms with Crippen molar-refractivity contribution in [3.05, 3.63) is 23.9 Å². The van der Waals surface area contributed by atoms with Crippen molar-refractivity contribution >= 4 is 5.82 Å². The predicted octanol–water partition coefficient (Wildman–Crippen LogP) is 2.72. The molecule has 3 nitrogen and oxygen atoms in total. The summed E-state index contributed by atoms with van der Waals surface area (Å²) in [5.74, 6) is 0.586. The molecular weight excluding hydrogens is 245 g/mol. The first-order chi connectivity index (χ1) is 8.52. The van der Waals surface area contributed by atoms with Crippen LogP contribution in [-0.2, 0) is 10.9 Å². The van der Waals surface area contributed by atoms with E-state index in [0.717, 1.165) is 31.6 Å². The molecule has 1 fully saturated rings. The third-order valence-electron chi connectivity index (χ3n) is 3.11. The van der Waals surface area contributed by atoms with E-state index in [1.807, 2.05) is 4.90 Å². The highest BCUT2D eigenvalue weighted by molar-refractivity contribution is 5.42. The van der Waals surface area contributed by atoms with Crippen LogP contribution < -0.4 is 4.90 Å². The van der Waals surface area contributed by atoms with Crippen molar-refractivity contribution in [1.29, 1.82) is 0 Å². The summed E-state index contributed by atoms with van der Waals surface area (Å²) in [7, 11) is 1.62. The molecule has 18 heavy (non-hydrogen) atoms. The third kappa shape index (κ3) is 2.75. The molecule has 100 valence electrons. The highest BCUT2D eigenvalue weighted by Crippen LogP contribution is 2.30. The molecule has 0 N–H and O–H groups in total. The molecule has 1 saturated heterocycles. The summed E-state index contributed by atoms with van der Waals surface area (Å²) in [6, 6.07) is 2.71. The lowest BCUT2D eigenvalue weighted by molar-refractivity contribution is -0.137. The molecular formula is C12H15F3N2O. The van der Waals surface area contributed by atoms with Crippen molar-refractivity contribution < 1.29 is 17.9 Å². The van der Waals surface area contributed by atoms with Crippen LogP contribution in [0.3, 0.4) is 0 Å². The van der Waals surface area contributed by atoms with Crippen molar-refractivity contribution in [3.63, 3.8) is 0 Å². The highest BCUT2D eigenvalue weighted by atomic mass is 19.4. The van der Waals surface area contributed by atoms with Crippen LogP contribution in [0.5, 0.6) is 0 Å². The lowest BCUT2D eigenvalue weighted by atomic mass is 10.2. The molecule has 1 unspecified atom stereocenters. The van der Waals surface area contributed by atoms with E-state index in [4.69, 9.17) is 4.74 Å². The minimum absolute atomic E-state index is 0.208. The predicted molar refractivity (Wildman–Crippen MR) is 61.5 cm³/mol. The van der Waals surface area contributed by atoms with Crippen LogP contribution in [0, 0.1) is 0 Å². The summed E-state index contributed by atoms with van der Waals surface area (Å²) < 4.78 is 42.4. The van der Waals surface area contributed by atoms with Gasteiger partial charge in [0.1, 0.15) is 5.82 Å². The Bertz CT molecular complexity index is 391. The first-order valence-corrected chi connectivity index (χ1v) is 5.81. The number of hydrogen-bond acceptors (Lipinski definition) is 3. The molecule has 1 aromatic rings. The van der Waals surface area contributed by atoms with Crippen molar-refractivity contribution in [2.24, 2.45) is 0 Å². The smallest absolute Gasteiger partial charge is 0.383 e. The van der Waals surface area contributed by atoms with E-state index in [9.17, 15) is 13.2 Å². The summed E-state index contributed by atoms with van der Waals surface area (Å²) in [4.78, 5) is 5.91. The third-order valence-corrected chi connectivity index (χ3v) is 3.11. The first kappa shape index (κ1) is 13.1. The van der Waals surface area contributed by atoms with Gasteiger partial charge >= 0.3 is 6.18 Å². The standard InChI is InChI=1S/C12H15F3N2O/c1-18-8-10-3-2-6-17(10)11-5-4-9(7-16-11)12(13,14)15/h4-5,7,10H,2-3,6,8H2,1H3. The summed E-state index contributed by atoms with van der Waals surface area (Å²) in [6.07, 6.45) is -1.45. The second-order valence-electron chi connectivity index (χ2n) is 4.35. The maximum Gasteiger partial charge on any atom is 0.417 e. The van der Waals surface area contributed by atoms with Crippen LogP contribution in [-0.4, -0.2) is 31.3 Å². The molecule has 2 rings (SSSR count). The fourth-order valence-electron chi connectivity index (χ4n) is 2.23. The normalized spacial score (nSPS) is 20.4. The fraction of sp³-hybridized carbons (Fsp3) is 0.583. The number of anilines is 1. The monoisotopic (exact) mass is 260 g/mol. The average Bonchev–Trinajstić information content (AvgIpc) is 2.77. The molecule has 1 atom stereocenters. The number of methoxy groups -OCH3 is 1. The van der Waals surface area contributed by atoms with Gasteiger partial charge in [-0.1, -0.05) is 0 Å². The number of aromatic nitrogens is 1. The van der Waals surface area contributed by atoms with Crippen molar-refractivity contribution in [3.8, 4) is 0 Å². The molecule has 6 heteroatoms. The van der Waals surface area contributed by atoms with Crippen molar-refractivity contribution in [1.82, 2.24) is 4.98 Å². The van der Waals surface area contributed by atoms with E-state index >= 15 is 0 Å². The van der Waals surface area contributed by atoms with Crippen LogP contribution in [0.15, 0.2) is 18.3 Å². The maximum atomic E-state index is 12.4. The number of nitrogens with zero attached hydrogens (tertiary/aromatic N) is 2. The van der Waals surface area contributed by atoms with Gasteiger partial charge in [-0.05, 0) is 25.0 Å². The molecule has 0 radical (unpaired) electrons. The lowest BCUT2D eigenvalue weighted by Gasteiger charge is -2.25. The molecule has 1 aliphatic rings. The van der Waals surface area contributed by atoms with Crippen molar-refractivity contribution in [2.75, 3.05) is 25.2 Å². The molecule has 2 heterocycles. The lowest BCUT2D eigenvalue weighted by Crippen LogP contribution is -2.33. The van der Waals surface area contributed by atoms with E-state index < -0.39 is 11.7 Å². The van der Waals surface area contributed by atoms with E-state index in [0.29, 0.717) is 12.4 Å². The van der Waals surface area contributed by atoms with Crippen LogP contribution >= 0.6 is 0 Å². The maximum absolute atomic E-state index is 12.4.